The van der Waals surface area contributed by atoms with Crippen LogP contribution in [-0.2, 0) is 6.54 Å². The number of rotatable bonds is 2. The maximum absolute atomic E-state index is 2.47. The van der Waals surface area contributed by atoms with Crippen LogP contribution >= 0.6 is 35.5 Å². The van der Waals surface area contributed by atoms with Crippen LogP contribution in [0.1, 0.15) is 5.56 Å². The quantitative estimate of drug-likeness (QED) is 0.404. The molecule has 0 aromatic heterocycles. The van der Waals surface area contributed by atoms with E-state index in [-0.39, 0.29) is 15.6 Å². The van der Waals surface area contributed by atoms with E-state index < -0.39 is 0 Å². The molecule has 0 aliphatic heterocycles. The van der Waals surface area contributed by atoms with Crippen molar-refractivity contribution in [3.8, 4) is 0 Å². The van der Waals surface area contributed by atoms with E-state index in [2.05, 4.69) is 72.2 Å². The van der Waals surface area contributed by atoms with Gasteiger partial charge >= 0.3 is 51.2 Å². The van der Waals surface area contributed by atoms with Crippen molar-refractivity contribution in [2.45, 2.75) is 6.54 Å². The van der Waals surface area contributed by atoms with Crippen molar-refractivity contribution in [1.82, 2.24) is 0 Å². The Morgan fingerprint density at radius 3 is 2.17 bits per heavy atom. The van der Waals surface area contributed by atoms with E-state index in [9.17, 15) is 0 Å². The van der Waals surface area contributed by atoms with Crippen LogP contribution in [0.5, 0.6) is 0 Å². The molecule has 0 amide bonds. The Kier molecular flexibility index (Phi) is 12.0. The summed E-state index contributed by atoms with van der Waals surface area (Å²) in [6, 6.07) is 10.5. The topological polar surface area (TPSA) is 16.6 Å². The predicted molar refractivity (Wildman–Crippen MR) is 71.8 cm³/mol. The molecule has 1 rings (SSSR count). The van der Waals surface area contributed by atoms with Crippen LogP contribution in [0.3, 0.4) is 0 Å². The van der Waals surface area contributed by atoms with E-state index in [1.807, 2.05) is 6.07 Å². The summed E-state index contributed by atoms with van der Waals surface area (Å²) in [5, 5.41) is 2.16. The summed E-state index contributed by atoms with van der Waals surface area (Å²) in [5.41, 5.74) is 1.39. The second-order valence-electron chi connectivity index (χ2n) is 2.17. The zero-order chi connectivity index (χ0) is 9.23. The number of benzene rings is 1. The molecule has 1 aromatic rings. The maximum atomic E-state index is 2.47. The van der Waals surface area contributed by atoms with E-state index in [0.29, 0.717) is 0 Å². The molecule has 12 heavy (non-hydrogen) atoms. The first kappa shape index (κ1) is 13.6. The summed E-state index contributed by atoms with van der Waals surface area (Å²) in [4.78, 5) is 0. The fraction of sp³-hybridized carbons (Fsp3) is 0.250. The van der Waals surface area contributed by atoms with Crippen molar-refractivity contribution in [2.75, 3.05) is 7.05 Å². The minimum absolute atomic E-state index is 0.0233. The zero-order valence-electron chi connectivity index (χ0n) is 6.93. The molecule has 2 N–H and O–H groups in total. The van der Waals surface area contributed by atoms with Crippen molar-refractivity contribution >= 4 is 51.2 Å². The van der Waals surface area contributed by atoms with Crippen molar-refractivity contribution in [3.05, 3.63) is 35.9 Å². The van der Waals surface area contributed by atoms with Gasteiger partial charge in [-0.05, 0) is 0 Å². The van der Waals surface area contributed by atoms with Gasteiger partial charge in [0.05, 0.1) is 7.05 Å². The van der Waals surface area contributed by atoms with Gasteiger partial charge in [-0.2, -0.15) is 0 Å². The summed E-state index contributed by atoms with van der Waals surface area (Å²) >= 11 is 4.96. The first-order valence-corrected chi connectivity index (χ1v) is 25.5. The number of halogens is 2. The fourth-order valence-electron chi connectivity index (χ4n) is 0.850. The Balaban J connectivity index is 0.000000354. The van der Waals surface area contributed by atoms with E-state index in [0.717, 1.165) is 6.54 Å². The van der Waals surface area contributed by atoms with Gasteiger partial charge in [0.15, 0.2) is 0 Å². The summed E-state index contributed by atoms with van der Waals surface area (Å²) < 4.78 is 0. The molecular weight excluding hydrogens is 571 g/mol. The Bertz CT molecular complexity index is 182. The third-order valence-corrected chi connectivity index (χ3v) is 1.28. The molecule has 1 aromatic carbocycles. The van der Waals surface area contributed by atoms with Crippen LogP contribution in [0.2, 0.25) is 0 Å². The molecule has 0 aliphatic carbocycles. The Morgan fingerprint density at radius 1 is 1.25 bits per heavy atom. The van der Waals surface area contributed by atoms with Gasteiger partial charge in [-0.15, -0.1) is 0 Å². The molecular formula is C8H12I2NPb+. The molecule has 0 saturated heterocycles. The molecule has 66 valence electrons. The van der Waals surface area contributed by atoms with Crippen molar-refractivity contribution in [3.63, 3.8) is 0 Å². The third-order valence-electron chi connectivity index (χ3n) is 1.28. The van der Waals surface area contributed by atoms with Gasteiger partial charge in [-0.25, -0.2) is 0 Å². The van der Waals surface area contributed by atoms with E-state index in [1.165, 1.54) is 5.56 Å². The number of nitrogens with two attached hydrogens (primary N) is 1. The van der Waals surface area contributed by atoms with Gasteiger partial charge in [0.25, 0.3) is 0 Å². The van der Waals surface area contributed by atoms with Gasteiger partial charge < -0.3 is 5.32 Å². The SMILES string of the molecule is C[NH2+]Cc1ccccc1.[I][Pb][I]. The third kappa shape index (κ3) is 8.17. The second-order valence-corrected chi connectivity index (χ2v) is 30.3. The molecule has 1 nitrogen and oxygen atoms in total. The first-order valence-electron chi connectivity index (χ1n) is 3.63. The summed E-state index contributed by atoms with van der Waals surface area (Å²) in [5.74, 6) is 0. The Labute approximate surface area is 104 Å². The fourth-order valence-corrected chi connectivity index (χ4v) is 0.850. The first-order chi connectivity index (χ1) is 5.85. The molecule has 2 radical (unpaired) electrons. The summed E-state index contributed by atoms with van der Waals surface area (Å²) in [6.45, 7) is 1.08. The molecule has 4 heteroatoms. The van der Waals surface area contributed by atoms with Crippen LogP contribution in [-0.4, -0.2) is 22.7 Å². The summed E-state index contributed by atoms with van der Waals surface area (Å²) in [7, 11) is 2.08. The van der Waals surface area contributed by atoms with E-state index in [4.69, 9.17) is 0 Å². The van der Waals surface area contributed by atoms with Crippen LogP contribution < -0.4 is 5.32 Å². The molecule has 0 heterocycles. The van der Waals surface area contributed by atoms with Gasteiger partial charge in [0.2, 0.25) is 0 Å². The molecule has 0 unspecified atom stereocenters. The minimum atomic E-state index is 0.0233. The average molecular weight is 583 g/mol. The van der Waals surface area contributed by atoms with E-state index in [1.54, 1.807) is 0 Å². The average Bonchev–Trinajstić information content (AvgIpc) is 2.08. The van der Waals surface area contributed by atoms with Gasteiger partial charge in [-0.1, -0.05) is 30.3 Å². The molecule has 0 aliphatic rings. The predicted octanol–water partition coefficient (Wildman–Crippen LogP) is 1.77. The normalized spacial score (nSPS) is 8.58. The van der Waals surface area contributed by atoms with Crippen LogP contribution in [0.4, 0.5) is 0 Å². The Hall–Kier alpha value is 1.56. The van der Waals surface area contributed by atoms with Gasteiger partial charge in [0, 0.05) is 5.56 Å². The van der Waals surface area contributed by atoms with Crippen molar-refractivity contribution in [1.29, 1.82) is 0 Å². The second kappa shape index (κ2) is 10.6. The number of hydrogen-bond acceptors (Lipinski definition) is 0. The molecule has 0 bridgehead atoms. The van der Waals surface area contributed by atoms with E-state index >= 15 is 0 Å². The van der Waals surface area contributed by atoms with Crippen molar-refractivity contribution < 1.29 is 5.32 Å². The van der Waals surface area contributed by atoms with Crippen molar-refractivity contribution in [2.24, 2.45) is 0 Å². The van der Waals surface area contributed by atoms with Gasteiger partial charge in [-0.3, -0.25) is 0 Å². The standard InChI is InChI=1S/C8H11N.2HI.Pb/c1-9-7-8-5-3-2-4-6-8;;;/h2-6,9H,7H2,1H3;2*1H;/q;;;+2/p-1. The monoisotopic (exact) mass is 584 g/mol. The zero-order valence-corrected chi connectivity index (χ0v) is 15.1. The number of hydrogen-bond donors (Lipinski definition) is 1. The summed E-state index contributed by atoms with van der Waals surface area (Å²) in [6.07, 6.45) is 0. The Morgan fingerprint density at radius 2 is 1.75 bits per heavy atom. The van der Waals surface area contributed by atoms with Gasteiger partial charge in [0.1, 0.15) is 6.54 Å². The molecule has 0 fully saturated rings. The van der Waals surface area contributed by atoms with Crippen LogP contribution in [0.25, 0.3) is 0 Å². The van der Waals surface area contributed by atoms with Crippen LogP contribution in [0.15, 0.2) is 30.3 Å². The number of quaternary nitrogens is 1. The molecule has 0 saturated carbocycles. The molecule has 0 spiro atoms. The van der Waals surface area contributed by atoms with Crippen LogP contribution in [0, 0.1) is 0 Å². The molecule has 0 atom stereocenters.